The second-order valence-electron chi connectivity index (χ2n) is 9.25. The standard InChI is InChI=1S/C30H34FN3O2/c1-4-29-28(21-33(22(2)3)20-26(35)19-23-11-7-5-8-12-23)30(36-27-17-15-24(31)16-18-27)34(32-29)25-13-9-6-10-14-25/h5-18,22,26,35H,4,19-21H2,1-3H3/t26-/m1/s1. The summed E-state index contributed by atoms with van der Waals surface area (Å²) in [5.41, 5.74) is 3.89. The summed E-state index contributed by atoms with van der Waals surface area (Å²) >= 11 is 0. The molecule has 0 aliphatic heterocycles. The van der Waals surface area contributed by atoms with Crippen LogP contribution in [0.5, 0.6) is 11.6 Å². The van der Waals surface area contributed by atoms with Crippen LogP contribution in [0, 0.1) is 5.82 Å². The van der Waals surface area contributed by atoms with E-state index >= 15 is 0 Å². The molecule has 0 radical (unpaired) electrons. The predicted octanol–water partition coefficient (Wildman–Crippen LogP) is 6.18. The number of aromatic nitrogens is 2. The maximum atomic E-state index is 13.5. The Balaban J connectivity index is 1.67. The zero-order chi connectivity index (χ0) is 25.5. The van der Waals surface area contributed by atoms with E-state index in [0.717, 1.165) is 28.9 Å². The first-order chi connectivity index (χ1) is 17.4. The van der Waals surface area contributed by atoms with Gasteiger partial charge in [0.1, 0.15) is 11.6 Å². The number of aliphatic hydroxyl groups is 1. The van der Waals surface area contributed by atoms with Gasteiger partial charge >= 0.3 is 0 Å². The molecule has 0 fully saturated rings. The molecule has 188 valence electrons. The second kappa shape index (κ2) is 12.0. The number of hydrogen-bond donors (Lipinski definition) is 1. The van der Waals surface area contributed by atoms with Gasteiger partial charge in [-0.05, 0) is 68.7 Å². The molecule has 0 amide bonds. The van der Waals surface area contributed by atoms with Crippen molar-refractivity contribution in [1.29, 1.82) is 0 Å². The van der Waals surface area contributed by atoms with Gasteiger partial charge in [-0.2, -0.15) is 5.10 Å². The normalized spacial score (nSPS) is 12.3. The minimum Gasteiger partial charge on any atom is -0.439 e. The molecule has 0 unspecified atom stereocenters. The predicted molar refractivity (Wildman–Crippen MR) is 141 cm³/mol. The average molecular weight is 488 g/mol. The Morgan fingerprint density at radius 1 is 0.944 bits per heavy atom. The van der Waals surface area contributed by atoms with E-state index in [4.69, 9.17) is 9.84 Å². The maximum absolute atomic E-state index is 13.5. The highest BCUT2D eigenvalue weighted by Crippen LogP contribution is 2.32. The lowest BCUT2D eigenvalue weighted by Gasteiger charge is -2.29. The Morgan fingerprint density at radius 3 is 2.19 bits per heavy atom. The lowest BCUT2D eigenvalue weighted by molar-refractivity contribution is 0.0902. The van der Waals surface area contributed by atoms with Crippen LogP contribution in [0.25, 0.3) is 5.69 Å². The van der Waals surface area contributed by atoms with Crippen LogP contribution < -0.4 is 4.74 Å². The lowest BCUT2D eigenvalue weighted by Crippen LogP contribution is -2.38. The summed E-state index contributed by atoms with van der Waals surface area (Å²) in [6.07, 6.45) is 0.811. The summed E-state index contributed by atoms with van der Waals surface area (Å²) in [5.74, 6) is 0.831. The van der Waals surface area contributed by atoms with Crippen molar-refractivity contribution in [1.82, 2.24) is 14.7 Å². The molecular formula is C30H34FN3O2. The first-order valence-electron chi connectivity index (χ1n) is 12.5. The van der Waals surface area contributed by atoms with Gasteiger partial charge in [-0.1, -0.05) is 55.5 Å². The highest BCUT2D eigenvalue weighted by atomic mass is 19.1. The summed E-state index contributed by atoms with van der Waals surface area (Å²) < 4.78 is 21.7. The van der Waals surface area contributed by atoms with Crippen molar-refractivity contribution in [3.63, 3.8) is 0 Å². The number of aryl methyl sites for hydroxylation is 1. The number of aliphatic hydroxyl groups excluding tert-OH is 1. The largest absolute Gasteiger partial charge is 0.439 e. The van der Waals surface area contributed by atoms with Gasteiger partial charge in [-0.25, -0.2) is 9.07 Å². The lowest BCUT2D eigenvalue weighted by atomic mass is 10.1. The topological polar surface area (TPSA) is 50.5 Å². The Bertz CT molecular complexity index is 1220. The molecule has 1 heterocycles. The minimum atomic E-state index is -0.509. The molecular weight excluding hydrogens is 453 g/mol. The smallest absolute Gasteiger partial charge is 0.227 e. The Hall–Kier alpha value is -3.48. The third-order valence-electron chi connectivity index (χ3n) is 6.23. The molecule has 0 aliphatic carbocycles. The van der Waals surface area contributed by atoms with Crippen molar-refractivity contribution < 1.29 is 14.2 Å². The summed E-state index contributed by atoms with van der Waals surface area (Å²) in [5, 5.41) is 15.8. The van der Waals surface area contributed by atoms with Crippen LogP contribution in [0.1, 0.15) is 37.6 Å². The van der Waals surface area contributed by atoms with E-state index in [0.29, 0.717) is 31.1 Å². The van der Waals surface area contributed by atoms with Gasteiger partial charge in [0.15, 0.2) is 0 Å². The first-order valence-corrected chi connectivity index (χ1v) is 12.5. The molecule has 0 aliphatic rings. The molecule has 0 saturated carbocycles. The third kappa shape index (κ3) is 6.39. The van der Waals surface area contributed by atoms with Crippen LogP contribution in [0.15, 0.2) is 84.9 Å². The zero-order valence-corrected chi connectivity index (χ0v) is 21.1. The van der Waals surface area contributed by atoms with Crippen molar-refractivity contribution in [2.45, 2.75) is 52.3 Å². The molecule has 0 saturated heterocycles. The molecule has 0 bridgehead atoms. The van der Waals surface area contributed by atoms with E-state index < -0.39 is 6.10 Å². The van der Waals surface area contributed by atoms with Crippen LogP contribution in [0.4, 0.5) is 4.39 Å². The second-order valence-corrected chi connectivity index (χ2v) is 9.25. The van der Waals surface area contributed by atoms with Crippen molar-refractivity contribution in [2.24, 2.45) is 0 Å². The van der Waals surface area contributed by atoms with E-state index in [9.17, 15) is 9.50 Å². The summed E-state index contributed by atoms with van der Waals surface area (Å²) in [7, 11) is 0. The fourth-order valence-electron chi connectivity index (χ4n) is 4.27. The molecule has 6 heteroatoms. The number of nitrogens with zero attached hydrogens (tertiary/aromatic N) is 3. The van der Waals surface area contributed by atoms with Crippen LogP contribution in [-0.4, -0.2) is 38.5 Å². The molecule has 1 aromatic heterocycles. The number of hydrogen-bond acceptors (Lipinski definition) is 4. The fourth-order valence-corrected chi connectivity index (χ4v) is 4.27. The quantitative estimate of drug-likeness (QED) is 0.274. The minimum absolute atomic E-state index is 0.193. The van der Waals surface area contributed by atoms with Gasteiger partial charge in [-0.3, -0.25) is 4.90 Å². The number of benzene rings is 3. The zero-order valence-electron chi connectivity index (χ0n) is 21.1. The Morgan fingerprint density at radius 2 is 1.58 bits per heavy atom. The number of ether oxygens (including phenoxy) is 1. The van der Waals surface area contributed by atoms with Gasteiger partial charge in [-0.15, -0.1) is 0 Å². The Labute approximate surface area is 212 Å². The molecule has 5 nitrogen and oxygen atoms in total. The average Bonchev–Trinajstić information content (AvgIpc) is 3.23. The number of halogens is 1. The van der Waals surface area contributed by atoms with E-state index in [-0.39, 0.29) is 11.9 Å². The molecule has 4 aromatic rings. The van der Waals surface area contributed by atoms with Crippen molar-refractivity contribution in [2.75, 3.05) is 6.54 Å². The molecule has 0 spiro atoms. The van der Waals surface area contributed by atoms with Crippen molar-refractivity contribution in [3.05, 3.63) is 108 Å². The van der Waals surface area contributed by atoms with E-state index in [1.807, 2.05) is 65.3 Å². The maximum Gasteiger partial charge on any atom is 0.227 e. The fraction of sp³-hybridized carbons (Fsp3) is 0.300. The van der Waals surface area contributed by atoms with Gasteiger partial charge in [0, 0.05) is 19.1 Å². The van der Waals surface area contributed by atoms with Gasteiger partial charge < -0.3 is 9.84 Å². The number of para-hydroxylation sites is 1. The van der Waals surface area contributed by atoms with E-state index in [1.165, 1.54) is 12.1 Å². The van der Waals surface area contributed by atoms with Crippen LogP contribution in [0.3, 0.4) is 0 Å². The summed E-state index contributed by atoms with van der Waals surface area (Å²) in [4.78, 5) is 2.25. The molecule has 36 heavy (non-hydrogen) atoms. The SMILES string of the molecule is CCc1nn(-c2ccccc2)c(Oc2ccc(F)cc2)c1CN(C[C@H](O)Cc1ccccc1)C(C)C. The van der Waals surface area contributed by atoms with E-state index in [2.05, 4.69) is 25.7 Å². The molecule has 3 aromatic carbocycles. The van der Waals surface area contributed by atoms with Crippen molar-refractivity contribution in [3.8, 4) is 17.3 Å². The van der Waals surface area contributed by atoms with Gasteiger partial charge in [0.05, 0.1) is 23.0 Å². The van der Waals surface area contributed by atoms with Gasteiger partial charge in [0.25, 0.3) is 0 Å². The monoisotopic (exact) mass is 487 g/mol. The van der Waals surface area contributed by atoms with E-state index in [1.54, 1.807) is 12.1 Å². The highest BCUT2D eigenvalue weighted by Gasteiger charge is 2.25. The van der Waals surface area contributed by atoms with Crippen LogP contribution in [0.2, 0.25) is 0 Å². The van der Waals surface area contributed by atoms with Crippen LogP contribution >= 0.6 is 0 Å². The van der Waals surface area contributed by atoms with Crippen molar-refractivity contribution >= 4 is 0 Å². The highest BCUT2D eigenvalue weighted by molar-refractivity contribution is 5.43. The molecule has 4 rings (SSSR count). The van der Waals surface area contributed by atoms with Crippen LogP contribution in [-0.2, 0) is 19.4 Å². The number of rotatable bonds is 11. The molecule has 1 atom stereocenters. The molecule has 1 N–H and O–H groups in total. The third-order valence-corrected chi connectivity index (χ3v) is 6.23. The summed E-state index contributed by atoms with van der Waals surface area (Å²) in [6, 6.07) is 26.1. The summed E-state index contributed by atoms with van der Waals surface area (Å²) in [6.45, 7) is 7.41. The van der Waals surface area contributed by atoms with Gasteiger partial charge in [0.2, 0.25) is 5.88 Å². The first kappa shape index (κ1) is 25.6. The Kier molecular flexibility index (Phi) is 8.52.